The summed E-state index contributed by atoms with van der Waals surface area (Å²) in [4.78, 5) is 38.3. The molecule has 0 aromatic rings. The van der Waals surface area contributed by atoms with E-state index in [-0.39, 0.29) is 31.1 Å². The maximum atomic E-state index is 12.9. The zero-order chi connectivity index (χ0) is 59.9. The number of unbranched alkanes of at least 4 members (excludes halogenated alkanes) is 26. The molecule has 0 saturated carbocycles. The molecule has 0 N–H and O–H groups in total. The Balaban J connectivity index is 4.35. The van der Waals surface area contributed by atoms with Crippen molar-refractivity contribution in [3.8, 4) is 0 Å². The molecular formula is C77H126O6. The smallest absolute Gasteiger partial charge is 0.306 e. The third-order valence-corrected chi connectivity index (χ3v) is 14.3. The van der Waals surface area contributed by atoms with Crippen LogP contribution in [0, 0.1) is 0 Å². The Morgan fingerprint density at radius 3 is 0.783 bits per heavy atom. The zero-order valence-corrected chi connectivity index (χ0v) is 53.9. The predicted molar refractivity (Wildman–Crippen MR) is 362 cm³/mol. The van der Waals surface area contributed by atoms with E-state index in [1.165, 1.54) is 116 Å². The molecule has 6 heteroatoms. The lowest BCUT2D eigenvalue weighted by Crippen LogP contribution is -2.30. The normalized spacial score (nSPS) is 13.0. The molecular weight excluding hydrogens is 1020 g/mol. The molecule has 0 amide bonds. The van der Waals surface area contributed by atoms with E-state index in [0.717, 1.165) is 148 Å². The van der Waals surface area contributed by atoms with Crippen LogP contribution in [0.5, 0.6) is 0 Å². The van der Waals surface area contributed by atoms with Crippen molar-refractivity contribution in [3.05, 3.63) is 146 Å². The minimum atomic E-state index is -0.802. The maximum Gasteiger partial charge on any atom is 0.306 e. The topological polar surface area (TPSA) is 78.9 Å². The van der Waals surface area contributed by atoms with Crippen molar-refractivity contribution in [3.63, 3.8) is 0 Å². The summed E-state index contributed by atoms with van der Waals surface area (Å²) < 4.78 is 16.9. The Labute approximate surface area is 512 Å². The number of carbonyl (C=O) groups is 3. The molecule has 0 aromatic heterocycles. The highest BCUT2D eigenvalue weighted by atomic mass is 16.6. The molecule has 0 saturated heterocycles. The summed E-state index contributed by atoms with van der Waals surface area (Å²) in [5, 5.41) is 0. The van der Waals surface area contributed by atoms with Gasteiger partial charge in [-0.05, 0) is 141 Å². The maximum absolute atomic E-state index is 12.9. The van der Waals surface area contributed by atoms with Gasteiger partial charge >= 0.3 is 17.9 Å². The lowest BCUT2D eigenvalue weighted by molar-refractivity contribution is -0.167. The van der Waals surface area contributed by atoms with Crippen LogP contribution in [0.4, 0.5) is 0 Å². The van der Waals surface area contributed by atoms with Gasteiger partial charge in [0.05, 0.1) is 0 Å². The highest BCUT2D eigenvalue weighted by Gasteiger charge is 2.19. The van der Waals surface area contributed by atoms with Crippen LogP contribution in [-0.2, 0) is 28.6 Å². The van der Waals surface area contributed by atoms with Gasteiger partial charge in [0.15, 0.2) is 6.10 Å². The summed E-state index contributed by atoms with van der Waals surface area (Å²) in [5.74, 6) is -0.933. The third-order valence-electron chi connectivity index (χ3n) is 14.3. The van der Waals surface area contributed by atoms with Crippen LogP contribution in [0.2, 0.25) is 0 Å². The number of ether oxygens (including phenoxy) is 3. The van der Waals surface area contributed by atoms with Crippen LogP contribution < -0.4 is 0 Å². The molecule has 0 fully saturated rings. The minimum absolute atomic E-state index is 0.0963. The van der Waals surface area contributed by atoms with Crippen LogP contribution in [0.3, 0.4) is 0 Å². The van der Waals surface area contributed by atoms with Crippen molar-refractivity contribution >= 4 is 17.9 Å². The average molecular weight is 1150 g/mol. The number of esters is 3. The molecule has 0 bridgehead atoms. The molecule has 1 unspecified atom stereocenters. The van der Waals surface area contributed by atoms with Crippen molar-refractivity contribution in [2.45, 2.75) is 309 Å². The first kappa shape index (κ1) is 78.3. The summed E-state index contributed by atoms with van der Waals surface area (Å²) in [6, 6.07) is 0. The highest BCUT2D eigenvalue weighted by molar-refractivity contribution is 5.71. The third kappa shape index (κ3) is 68.0. The fourth-order valence-electron chi connectivity index (χ4n) is 9.15. The van der Waals surface area contributed by atoms with Crippen LogP contribution in [-0.4, -0.2) is 37.2 Å². The molecule has 0 aliphatic heterocycles. The SMILES string of the molecule is CC/C=C\C/C=C\C/C=C\C/C=C\C/C=C\C/C=C\C/C=C\C/C=C\CCCCCCC(=O)OCC(COC(=O)CCCCCCC/C=C\CCCC)OC(=O)CCCCCCCCCCCC/C=C\C/C=C\C/C=C\CCCCCCC. The second kappa shape index (κ2) is 69.8. The second-order valence-corrected chi connectivity index (χ2v) is 22.3. The second-order valence-electron chi connectivity index (χ2n) is 22.3. The van der Waals surface area contributed by atoms with Gasteiger partial charge in [-0.2, -0.15) is 0 Å². The summed E-state index contributed by atoms with van der Waals surface area (Å²) in [7, 11) is 0. The number of hydrogen-bond acceptors (Lipinski definition) is 6. The Morgan fingerprint density at radius 1 is 0.253 bits per heavy atom. The van der Waals surface area contributed by atoms with Gasteiger partial charge in [0.2, 0.25) is 0 Å². The Hall–Kier alpha value is -4.71. The van der Waals surface area contributed by atoms with Crippen molar-refractivity contribution < 1.29 is 28.6 Å². The van der Waals surface area contributed by atoms with Gasteiger partial charge in [-0.1, -0.05) is 289 Å². The van der Waals surface area contributed by atoms with E-state index in [4.69, 9.17) is 14.2 Å². The van der Waals surface area contributed by atoms with Crippen molar-refractivity contribution in [1.29, 1.82) is 0 Å². The predicted octanol–water partition coefficient (Wildman–Crippen LogP) is 23.9. The van der Waals surface area contributed by atoms with Crippen LogP contribution in [0.15, 0.2) is 146 Å². The molecule has 83 heavy (non-hydrogen) atoms. The molecule has 0 radical (unpaired) electrons. The van der Waals surface area contributed by atoms with Gasteiger partial charge in [-0.3, -0.25) is 14.4 Å². The van der Waals surface area contributed by atoms with E-state index in [1.54, 1.807) is 0 Å². The van der Waals surface area contributed by atoms with Gasteiger partial charge in [-0.15, -0.1) is 0 Å². The molecule has 470 valence electrons. The highest BCUT2D eigenvalue weighted by Crippen LogP contribution is 2.15. The zero-order valence-electron chi connectivity index (χ0n) is 53.9. The number of carbonyl (C=O) groups excluding carboxylic acids is 3. The van der Waals surface area contributed by atoms with Gasteiger partial charge < -0.3 is 14.2 Å². The summed E-state index contributed by atoms with van der Waals surface area (Å²) in [6.45, 7) is 6.45. The van der Waals surface area contributed by atoms with E-state index < -0.39 is 6.10 Å². The molecule has 0 aliphatic carbocycles. The van der Waals surface area contributed by atoms with Crippen LogP contribution >= 0.6 is 0 Å². The Morgan fingerprint density at radius 2 is 0.482 bits per heavy atom. The molecule has 0 aromatic carbocycles. The first-order chi connectivity index (χ1) is 41.0. The minimum Gasteiger partial charge on any atom is -0.462 e. The van der Waals surface area contributed by atoms with Crippen LogP contribution in [0.1, 0.15) is 303 Å². The van der Waals surface area contributed by atoms with Gasteiger partial charge in [-0.25, -0.2) is 0 Å². The summed E-state index contributed by atoms with van der Waals surface area (Å²) in [6.07, 6.45) is 100. The van der Waals surface area contributed by atoms with E-state index in [9.17, 15) is 14.4 Å². The molecule has 0 heterocycles. The van der Waals surface area contributed by atoms with E-state index in [1.807, 2.05) is 0 Å². The Bertz CT molecular complexity index is 1800. The van der Waals surface area contributed by atoms with E-state index in [2.05, 4.69) is 167 Å². The lowest BCUT2D eigenvalue weighted by atomic mass is 10.0. The van der Waals surface area contributed by atoms with E-state index >= 15 is 0 Å². The Kier molecular flexibility index (Phi) is 65.8. The number of allylic oxidation sites excluding steroid dienone is 24. The molecule has 6 nitrogen and oxygen atoms in total. The van der Waals surface area contributed by atoms with Gasteiger partial charge in [0.25, 0.3) is 0 Å². The summed E-state index contributed by atoms with van der Waals surface area (Å²) >= 11 is 0. The average Bonchev–Trinajstić information content (AvgIpc) is 3.48. The fourth-order valence-corrected chi connectivity index (χ4v) is 9.15. The van der Waals surface area contributed by atoms with Gasteiger partial charge in [0.1, 0.15) is 13.2 Å². The van der Waals surface area contributed by atoms with Crippen molar-refractivity contribution in [2.24, 2.45) is 0 Å². The molecule has 0 spiro atoms. The largest absolute Gasteiger partial charge is 0.462 e. The van der Waals surface area contributed by atoms with Gasteiger partial charge in [0, 0.05) is 19.3 Å². The molecule has 0 aliphatic rings. The molecule has 0 rings (SSSR count). The number of rotatable bonds is 61. The van der Waals surface area contributed by atoms with Crippen molar-refractivity contribution in [1.82, 2.24) is 0 Å². The number of hydrogen-bond donors (Lipinski definition) is 0. The van der Waals surface area contributed by atoms with Crippen molar-refractivity contribution in [2.75, 3.05) is 13.2 Å². The monoisotopic (exact) mass is 1150 g/mol. The van der Waals surface area contributed by atoms with Crippen LogP contribution in [0.25, 0.3) is 0 Å². The first-order valence-electron chi connectivity index (χ1n) is 34.3. The first-order valence-corrected chi connectivity index (χ1v) is 34.3. The summed E-state index contributed by atoms with van der Waals surface area (Å²) in [5.41, 5.74) is 0. The molecule has 1 atom stereocenters. The fraction of sp³-hybridized carbons (Fsp3) is 0.649. The van der Waals surface area contributed by atoms with E-state index in [0.29, 0.717) is 19.3 Å². The quantitative estimate of drug-likeness (QED) is 0.0261. The lowest BCUT2D eigenvalue weighted by Gasteiger charge is -2.18. The standard InChI is InChI=1S/C77H126O6/c1-4-7-10-13-16-19-22-24-26-28-30-32-34-36-37-38-39-41-42-44-46-48-50-52-55-58-61-64-67-70-76(79)82-73-74(72-81-75(78)69-66-63-60-57-54-21-18-15-12-9-6-3)83-77(80)71-68-65-62-59-56-53-51-49-47-45-43-40-35-33-31-29-27-25-23-20-17-14-11-8-5-2/h7,10,15-16,18-19,23-26,29-32,35-37,39-41,44,46,50,52,74H,4-6,8-9,11-14,17,20-22,27-28,33-34,38,42-43,45,47-49,51,53-73H2,1-3H3/b10-7-,18-15-,19-16-,25-23-,26-24-,31-29-,32-30-,37-36-,40-35-,41-39-,46-44-,52-50-.